The molecule has 126 valence electrons. The number of carbonyl (C=O) groups is 2. The molecule has 0 fully saturated rings. The molecule has 7 heteroatoms. The molecule has 5 nitrogen and oxygen atoms in total. The van der Waals surface area contributed by atoms with Crippen LogP contribution >= 0.6 is 23.2 Å². The van der Waals surface area contributed by atoms with Crippen LogP contribution in [0.1, 0.15) is 28.8 Å². The normalized spacial score (nSPS) is 11.7. The predicted octanol–water partition coefficient (Wildman–Crippen LogP) is 4.44. The van der Waals surface area contributed by atoms with Crippen molar-refractivity contribution >= 4 is 40.8 Å². The van der Waals surface area contributed by atoms with Gasteiger partial charge in [-0.25, -0.2) is 4.79 Å². The molecule has 24 heavy (non-hydrogen) atoms. The Bertz CT molecular complexity index is 775. The summed E-state index contributed by atoms with van der Waals surface area (Å²) in [5, 5.41) is 12.0. The quantitative estimate of drug-likeness (QED) is 0.818. The van der Waals surface area contributed by atoms with Crippen LogP contribution in [-0.4, -0.2) is 24.1 Å². The number of hydrogen-bond donors (Lipinski definition) is 2. The van der Waals surface area contributed by atoms with E-state index in [1.165, 1.54) is 12.1 Å². The maximum atomic E-state index is 12.4. The van der Waals surface area contributed by atoms with Crippen LogP contribution in [0.3, 0.4) is 0 Å². The van der Waals surface area contributed by atoms with E-state index in [9.17, 15) is 14.7 Å². The topological polar surface area (TPSA) is 75.6 Å². The second-order valence-electron chi connectivity index (χ2n) is 5.10. The Morgan fingerprint density at radius 2 is 1.79 bits per heavy atom. The smallest absolute Gasteiger partial charge is 0.339 e. The Balaban J connectivity index is 2.27. The van der Waals surface area contributed by atoms with Gasteiger partial charge in [0, 0.05) is 5.02 Å². The van der Waals surface area contributed by atoms with Gasteiger partial charge in [0.2, 0.25) is 5.91 Å². The predicted molar refractivity (Wildman–Crippen MR) is 93.5 cm³/mol. The van der Waals surface area contributed by atoms with Crippen molar-refractivity contribution in [2.45, 2.75) is 12.8 Å². The summed E-state index contributed by atoms with van der Waals surface area (Å²) < 4.78 is 5.08. The number of carbonyl (C=O) groups excluding carboxylic acids is 1. The molecule has 0 aliphatic heterocycles. The molecule has 0 saturated heterocycles. The number of aromatic carboxylic acids is 1. The van der Waals surface area contributed by atoms with Crippen LogP contribution in [0.5, 0.6) is 5.75 Å². The molecule has 1 unspecified atom stereocenters. The average Bonchev–Trinajstić information content (AvgIpc) is 2.53. The van der Waals surface area contributed by atoms with Crippen molar-refractivity contribution in [3.8, 4) is 5.75 Å². The fourth-order valence-corrected chi connectivity index (χ4v) is 2.75. The molecule has 2 rings (SSSR count). The van der Waals surface area contributed by atoms with E-state index >= 15 is 0 Å². The van der Waals surface area contributed by atoms with E-state index < -0.39 is 11.9 Å². The molecule has 2 N–H and O–H groups in total. The van der Waals surface area contributed by atoms with Gasteiger partial charge in [-0.15, -0.1) is 0 Å². The lowest BCUT2D eigenvalue weighted by molar-refractivity contribution is -0.117. The van der Waals surface area contributed by atoms with Gasteiger partial charge in [-0.2, -0.15) is 0 Å². The number of halogens is 2. The molecule has 0 aromatic heterocycles. The third-order valence-corrected chi connectivity index (χ3v) is 4.05. The summed E-state index contributed by atoms with van der Waals surface area (Å²) >= 11 is 11.8. The SMILES string of the molecule is COc1ccc(C(C)C(=O)Nc2cc(Cl)cc(Cl)c2C(=O)O)cc1. The Morgan fingerprint density at radius 1 is 1.17 bits per heavy atom. The summed E-state index contributed by atoms with van der Waals surface area (Å²) in [5.74, 6) is -1.44. The van der Waals surface area contributed by atoms with Gasteiger partial charge < -0.3 is 15.2 Å². The highest BCUT2D eigenvalue weighted by Gasteiger charge is 2.21. The van der Waals surface area contributed by atoms with Gasteiger partial charge in [0.05, 0.1) is 23.7 Å². The number of methoxy groups -OCH3 is 1. The van der Waals surface area contributed by atoms with Gasteiger partial charge in [-0.05, 0) is 36.8 Å². The Labute approximate surface area is 149 Å². The van der Waals surface area contributed by atoms with E-state index in [1.54, 1.807) is 38.3 Å². The highest BCUT2D eigenvalue weighted by molar-refractivity contribution is 6.37. The first-order valence-corrected chi connectivity index (χ1v) is 7.76. The van der Waals surface area contributed by atoms with Crippen molar-refractivity contribution in [1.29, 1.82) is 0 Å². The lowest BCUT2D eigenvalue weighted by atomic mass is 10.00. The van der Waals surface area contributed by atoms with Crippen molar-refractivity contribution in [3.63, 3.8) is 0 Å². The van der Waals surface area contributed by atoms with E-state index in [0.29, 0.717) is 5.75 Å². The Kier molecular flexibility index (Phi) is 5.70. The van der Waals surface area contributed by atoms with Crippen molar-refractivity contribution in [2.24, 2.45) is 0 Å². The van der Waals surface area contributed by atoms with Crippen LogP contribution in [0.25, 0.3) is 0 Å². The van der Waals surface area contributed by atoms with E-state index in [4.69, 9.17) is 27.9 Å². The monoisotopic (exact) mass is 367 g/mol. The minimum atomic E-state index is -1.25. The van der Waals surface area contributed by atoms with Gasteiger partial charge >= 0.3 is 5.97 Å². The average molecular weight is 368 g/mol. The summed E-state index contributed by atoms with van der Waals surface area (Å²) in [7, 11) is 1.56. The molecule has 0 saturated carbocycles. The Morgan fingerprint density at radius 3 is 2.33 bits per heavy atom. The molecule has 0 aliphatic carbocycles. The first-order chi connectivity index (χ1) is 11.3. The van der Waals surface area contributed by atoms with Gasteiger partial charge in [0.15, 0.2) is 0 Å². The molecule has 0 bridgehead atoms. The van der Waals surface area contributed by atoms with Crippen LogP contribution < -0.4 is 10.1 Å². The standard InChI is InChI=1S/C17H15Cl2NO4/c1-9(10-3-5-12(24-2)6-4-10)16(21)20-14-8-11(18)7-13(19)15(14)17(22)23/h3-9H,1-2H3,(H,20,21)(H,22,23). The zero-order valence-corrected chi connectivity index (χ0v) is 14.5. The molecular formula is C17H15Cl2NO4. The fourth-order valence-electron chi connectivity index (χ4n) is 2.17. The van der Waals surface area contributed by atoms with Crippen LogP contribution in [0, 0.1) is 0 Å². The third-order valence-electron chi connectivity index (χ3n) is 3.54. The molecule has 0 aliphatic rings. The highest BCUT2D eigenvalue weighted by Crippen LogP contribution is 2.30. The molecule has 2 aromatic carbocycles. The van der Waals surface area contributed by atoms with Crippen molar-refractivity contribution in [3.05, 3.63) is 57.6 Å². The largest absolute Gasteiger partial charge is 0.497 e. The third kappa shape index (κ3) is 3.99. The molecule has 2 aromatic rings. The second kappa shape index (κ2) is 7.55. The summed E-state index contributed by atoms with van der Waals surface area (Å²) in [4.78, 5) is 23.8. The first-order valence-electron chi connectivity index (χ1n) is 7.00. The molecule has 0 heterocycles. The van der Waals surface area contributed by atoms with Gasteiger partial charge in [-0.3, -0.25) is 4.79 Å². The number of nitrogens with one attached hydrogen (secondary N) is 1. The van der Waals surface area contributed by atoms with Crippen LogP contribution in [0.4, 0.5) is 5.69 Å². The number of amides is 1. The van der Waals surface area contributed by atoms with E-state index in [2.05, 4.69) is 5.32 Å². The van der Waals surface area contributed by atoms with Crippen molar-refractivity contribution in [2.75, 3.05) is 12.4 Å². The number of rotatable bonds is 5. The van der Waals surface area contributed by atoms with Gasteiger partial charge in [0.25, 0.3) is 0 Å². The van der Waals surface area contributed by atoms with Gasteiger partial charge in [-0.1, -0.05) is 35.3 Å². The maximum absolute atomic E-state index is 12.4. The molecule has 1 atom stereocenters. The van der Waals surface area contributed by atoms with Crippen LogP contribution in [0.2, 0.25) is 10.0 Å². The summed E-state index contributed by atoms with van der Waals surface area (Å²) in [6.45, 7) is 1.71. The zero-order chi connectivity index (χ0) is 17.9. The lowest BCUT2D eigenvalue weighted by Gasteiger charge is -2.15. The summed E-state index contributed by atoms with van der Waals surface area (Å²) in [6.07, 6.45) is 0. The van der Waals surface area contributed by atoms with Gasteiger partial charge in [0.1, 0.15) is 11.3 Å². The maximum Gasteiger partial charge on any atom is 0.339 e. The second-order valence-corrected chi connectivity index (χ2v) is 5.94. The minimum absolute atomic E-state index is 0.0394. The number of ether oxygens (including phenoxy) is 1. The Hall–Kier alpha value is -2.24. The van der Waals surface area contributed by atoms with Crippen molar-refractivity contribution in [1.82, 2.24) is 0 Å². The number of hydrogen-bond acceptors (Lipinski definition) is 3. The highest BCUT2D eigenvalue weighted by atomic mass is 35.5. The summed E-state index contributed by atoms with van der Waals surface area (Å²) in [6, 6.07) is 9.71. The number of carboxylic acids is 1. The van der Waals surface area contributed by atoms with E-state index in [-0.39, 0.29) is 27.2 Å². The number of benzene rings is 2. The van der Waals surface area contributed by atoms with Crippen molar-refractivity contribution < 1.29 is 19.4 Å². The van der Waals surface area contributed by atoms with E-state index in [0.717, 1.165) is 5.56 Å². The first kappa shape index (κ1) is 18.1. The summed E-state index contributed by atoms with van der Waals surface area (Å²) in [5.41, 5.74) is 0.625. The molecule has 0 spiro atoms. The number of carboxylic acid groups (broad SMARTS) is 1. The minimum Gasteiger partial charge on any atom is -0.497 e. The van der Waals surface area contributed by atoms with E-state index in [1.807, 2.05) is 0 Å². The molecule has 1 amide bonds. The molecule has 0 radical (unpaired) electrons. The van der Waals surface area contributed by atoms with Crippen LogP contribution in [0.15, 0.2) is 36.4 Å². The molecular weight excluding hydrogens is 353 g/mol. The lowest BCUT2D eigenvalue weighted by Crippen LogP contribution is -2.20. The van der Waals surface area contributed by atoms with Crippen LogP contribution in [-0.2, 0) is 4.79 Å². The number of anilines is 1. The fraction of sp³-hybridized carbons (Fsp3) is 0.176. The zero-order valence-electron chi connectivity index (χ0n) is 13.0.